The molecule has 1 aromatic rings. The predicted molar refractivity (Wildman–Crippen MR) is 48.6 cm³/mol. The molecule has 3 N–H and O–H groups in total. The highest BCUT2D eigenvalue weighted by atomic mass is 31.0. The highest BCUT2D eigenvalue weighted by Crippen LogP contribution is 1.68. The van der Waals surface area contributed by atoms with Crippen molar-refractivity contribution in [3.8, 4) is 0 Å². The summed E-state index contributed by atoms with van der Waals surface area (Å²) in [6.45, 7) is 2.09. The minimum absolute atomic E-state index is 0.802. The Kier molecular flexibility index (Phi) is 4.96. The van der Waals surface area contributed by atoms with E-state index in [1.807, 2.05) is 0 Å². The Morgan fingerprint density at radius 1 is 1.00 bits per heavy atom. The maximum atomic E-state index is 10.2. The van der Waals surface area contributed by atoms with E-state index in [4.69, 9.17) is 0 Å². The van der Waals surface area contributed by atoms with Crippen LogP contribution in [0.15, 0.2) is 14.4 Å². The third kappa shape index (κ3) is 4.62. The van der Waals surface area contributed by atoms with E-state index in [1.165, 1.54) is 6.16 Å². The zero-order chi connectivity index (χ0) is 9.56. The van der Waals surface area contributed by atoms with Crippen LogP contribution in [0.5, 0.6) is 0 Å². The van der Waals surface area contributed by atoms with E-state index >= 15 is 0 Å². The van der Waals surface area contributed by atoms with Crippen LogP contribution in [0.1, 0.15) is 6.92 Å². The van der Waals surface area contributed by atoms with Crippen LogP contribution in [-0.2, 0) is 0 Å². The average molecular weight is 191 g/mol. The van der Waals surface area contributed by atoms with Crippen molar-refractivity contribution in [1.82, 2.24) is 15.0 Å². The summed E-state index contributed by atoms with van der Waals surface area (Å²) in [6.07, 6.45) is 1.17. The zero-order valence-electron chi connectivity index (χ0n) is 6.51. The fourth-order valence-corrected chi connectivity index (χ4v) is 0.403. The summed E-state index contributed by atoms with van der Waals surface area (Å²) in [5.74, 6) is 0. The first-order chi connectivity index (χ1) is 5.60. The van der Waals surface area contributed by atoms with Gasteiger partial charge in [-0.15, -0.1) is 9.24 Å². The lowest BCUT2D eigenvalue weighted by Gasteiger charge is -1.77. The Hall–Kier alpha value is -1.16. The van der Waals surface area contributed by atoms with E-state index in [-0.39, 0.29) is 0 Å². The Balaban J connectivity index is 0.000000354. The lowest BCUT2D eigenvalue weighted by atomic mass is 11.0. The quantitative estimate of drug-likeness (QED) is 0.441. The van der Waals surface area contributed by atoms with Crippen LogP contribution < -0.4 is 17.1 Å². The Morgan fingerprint density at radius 3 is 1.33 bits per heavy atom. The molecule has 7 heteroatoms. The molecule has 1 aromatic heterocycles. The third-order valence-electron chi connectivity index (χ3n) is 0.681. The van der Waals surface area contributed by atoms with Gasteiger partial charge >= 0.3 is 17.1 Å². The first kappa shape index (κ1) is 10.8. The SMILES string of the molecule is CCP.O=c1[nH]c(=O)[nH]c(=O)[nH]1. The second-order valence-electron chi connectivity index (χ2n) is 1.77. The maximum absolute atomic E-state index is 10.2. The standard InChI is InChI=1S/C3H3N3O3.C2H7P/c7-1-4-2(8)6-3(9)5-1;1-2-3/h(H3,4,5,6,7,8,9);2-3H2,1H3. The number of aromatic nitrogens is 3. The molecule has 0 saturated carbocycles. The van der Waals surface area contributed by atoms with Crippen molar-refractivity contribution in [3.63, 3.8) is 0 Å². The lowest BCUT2D eigenvalue weighted by Crippen LogP contribution is -2.34. The molecule has 0 spiro atoms. The van der Waals surface area contributed by atoms with Gasteiger partial charge in [0.1, 0.15) is 0 Å². The van der Waals surface area contributed by atoms with E-state index in [0.29, 0.717) is 0 Å². The molecule has 1 unspecified atom stereocenters. The van der Waals surface area contributed by atoms with Gasteiger partial charge < -0.3 is 0 Å². The van der Waals surface area contributed by atoms with Crippen LogP contribution in [-0.4, -0.2) is 21.1 Å². The molecule has 0 amide bonds. The molecule has 12 heavy (non-hydrogen) atoms. The van der Waals surface area contributed by atoms with Crippen LogP contribution in [0, 0.1) is 0 Å². The zero-order valence-corrected chi connectivity index (χ0v) is 7.66. The first-order valence-corrected chi connectivity index (χ1v) is 4.04. The molecule has 0 aliphatic carbocycles. The van der Waals surface area contributed by atoms with Crippen LogP contribution in [0.3, 0.4) is 0 Å². The largest absolute Gasteiger partial charge is 0.330 e. The second kappa shape index (κ2) is 5.49. The fraction of sp³-hybridized carbons (Fsp3) is 0.400. The highest BCUT2D eigenvalue weighted by Gasteiger charge is 1.84. The summed E-state index contributed by atoms with van der Waals surface area (Å²) < 4.78 is 0. The number of aromatic amines is 3. The van der Waals surface area contributed by atoms with Gasteiger partial charge in [-0.1, -0.05) is 6.92 Å². The fourth-order valence-electron chi connectivity index (χ4n) is 0.403. The van der Waals surface area contributed by atoms with Gasteiger partial charge in [0, 0.05) is 0 Å². The minimum Gasteiger partial charge on any atom is -0.259 e. The average Bonchev–Trinajstić information content (AvgIpc) is 1.84. The molecule has 0 fully saturated rings. The minimum atomic E-state index is -0.802. The molecule has 0 aliphatic rings. The van der Waals surface area contributed by atoms with Crippen LogP contribution in [0.2, 0.25) is 0 Å². The number of H-pyrrole nitrogens is 3. The van der Waals surface area contributed by atoms with Crippen molar-refractivity contribution in [2.75, 3.05) is 6.16 Å². The number of hydrogen-bond acceptors (Lipinski definition) is 3. The Morgan fingerprint density at radius 2 is 1.17 bits per heavy atom. The van der Waals surface area contributed by atoms with Gasteiger partial charge in [0.2, 0.25) is 0 Å². The Bertz CT molecular complexity index is 298. The third-order valence-corrected chi connectivity index (χ3v) is 0.681. The second-order valence-corrected chi connectivity index (χ2v) is 2.59. The molecule has 0 aliphatic heterocycles. The van der Waals surface area contributed by atoms with Crippen molar-refractivity contribution in [1.29, 1.82) is 0 Å². The molecule has 1 atom stereocenters. The van der Waals surface area contributed by atoms with Gasteiger partial charge in [-0.05, 0) is 6.16 Å². The van der Waals surface area contributed by atoms with Gasteiger partial charge in [-0.25, -0.2) is 14.4 Å². The van der Waals surface area contributed by atoms with E-state index < -0.39 is 17.1 Å². The number of hydrogen-bond donors (Lipinski definition) is 3. The molecule has 1 heterocycles. The summed E-state index contributed by atoms with van der Waals surface area (Å²) in [4.78, 5) is 35.9. The molecule has 68 valence electrons. The summed E-state index contributed by atoms with van der Waals surface area (Å²) in [6, 6.07) is 0. The summed E-state index contributed by atoms with van der Waals surface area (Å²) >= 11 is 0. The molecular formula is C5H10N3O3P. The maximum Gasteiger partial charge on any atom is 0.330 e. The molecule has 0 aromatic carbocycles. The molecule has 0 bridgehead atoms. The number of rotatable bonds is 0. The van der Waals surface area contributed by atoms with Crippen molar-refractivity contribution in [2.24, 2.45) is 0 Å². The predicted octanol–water partition coefficient (Wildman–Crippen LogP) is -1.37. The van der Waals surface area contributed by atoms with Crippen LogP contribution in [0.25, 0.3) is 0 Å². The van der Waals surface area contributed by atoms with Crippen LogP contribution in [0.4, 0.5) is 0 Å². The highest BCUT2D eigenvalue weighted by molar-refractivity contribution is 7.16. The smallest absolute Gasteiger partial charge is 0.259 e. The van der Waals surface area contributed by atoms with Crippen LogP contribution >= 0.6 is 9.24 Å². The molecular weight excluding hydrogens is 181 g/mol. The molecule has 0 radical (unpaired) electrons. The van der Waals surface area contributed by atoms with Crippen molar-refractivity contribution < 1.29 is 0 Å². The van der Waals surface area contributed by atoms with Gasteiger partial charge in [0.05, 0.1) is 0 Å². The van der Waals surface area contributed by atoms with Crippen molar-refractivity contribution in [2.45, 2.75) is 6.92 Å². The van der Waals surface area contributed by atoms with Gasteiger partial charge in [-0.3, -0.25) is 15.0 Å². The summed E-state index contributed by atoms with van der Waals surface area (Å²) in [5, 5.41) is 0. The molecule has 1 rings (SSSR count). The molecule has 0 saturated heterocycles. The number of nitrogens with one attached hydrogen (secondary N) is 3. The summed E-state index contributed by atoms with van der Waals surface area (Å²) in [5.41, 5.74) is -2.41. The van der Waals surface area contributed by atoms with Gasteiger partial charge in [-0.2, -0.15) is 0 Å². The van der Waals surface area contributed by atoms with Crippen molar-refractivity contribution in [3.05, 3.63) is 31.5 Å². The summed E-state index contributed by atoms with van der Waals surface area (Å²) in [7, 11) is 2.58. The van der Waals surface area contributed by atoms with Crippen molar-refractivity contribution >= 4 is 9.24 Å². The van der Waals surface area contributed by atoms with E-state index in [1.54, 1.807) is 15.0 Å². The lowest BCUT2D eigenvalue weighted by molar-refractivity contribution is 0.888. The van der Waals surface area contributed by atoms with E-state index in [9.17, 15) is 14.4 Å². The first-order valence-electron chi connectivity index (χ1n) is 3.23. The van der Waals surface area contributed by atoms with E-state index in [2.05, 4.69) is 16.2 Å². The monoisotopic (exact) mass is 191 g/mol. The van der Waals surface area contributed by atoms with Gasteiger partial charge in [0.15, 0.2) is 0 Å². The normalized spacial score (nSPS) is 8.50. The topological polar surface area (TPSA) is 98.6 Å². The van der Waals surface area contributed by atoms with Gasteiger partial charge in [0.25, 0.3) is 0 Å². The molecule has 6 nitrogen and oxygen atoms in total. The Labute approximate surface area is 69.6 Å². The van der Waals surface area contributed by atoms with E-state index in [0.717, 1.165) is 0 Å².